The maximum Gasteiger partial charge on any atom is 0.321 e. The highest BCUT2D eigenvalue weighted by molar-refractivity contribution is 6.01. The fraction of sp³-hybridized carbons (Fsp3) is 0.250. The van der Waals surface area contributed by atoms with E-state index in [1.807, 2.05) is 49.4 Å². The van der Waals surface area contributed by atoms with Gasteiger partial charge in [0, 0.05) is 30.0 Å². The van der Waals surface area contributed by atoms with Gasteiger partial charge < -0.3 is 20.9 Å². The van der Waals surface area contributed by atoms with Crippen LogP contribution in [0.2, 0.25) is 0 Å². The third-order valence-corrected chi connectivity index (χ3v) is 6.32. The summed E-state index contributed by atoms with van der Waals surface area (Å²) in [6.45, 7) is 2.88. The largest absolute Gasteiger partial charge is 0.340 e. The molecular formula is C28H29FN4O3. The predicted molar refractivity (Wildman–Crippen MR) is 137 cm³/mol. The van der Waals surface area contributed by atoms with E-state index >= 15 is 0 Å². The molecule has 7 nitrogen and oxygen atoms in total. The Balaban J connectivity index is 1.42. The van der Waals surface area contributed by atoms with E-state index < -0.39 is 17.8 Å². The van der Waals surface area contributed by atoms with Crippen molar-refractivity contribution in [2.45, 2.75) is 25.8 Å². The Morgan fingerprint density at radius 1 is 0.833 bits per heavy atom. The summed E-state index contributed by atoms with van der Waals surface area (Å²) in [5.41, 5.74) is 2.72. The van der Waals surface area contributed by atoms with Gasteiger partial charge in [0.25, 0.3) is 5.91 Å². The van der Waals surface area contributed by atoms with Gasteiger partial charge in [0.15, 0.2) is 0 Å². The standard InChI is InChI=1S/C28H29FN4O3/c1-19-7-13-24(14-8-19)31-28(36)33-17-15-20(16-18-33)25(27(35)30-23-5-3-2-4-6-23)32-26(34)21-9-11-22(29)12-10-21/h2-14,20,25H,15-18H2,1H3,(H,30,35)(H,31,36)(H,32,34). The molecule has 0 saturated carbocycles. The molecular weight excluding hydrogens is 459 g/mol. The molecule has 4 amide bonds. The Morgan fingerprint density at radius 3 is 2.08 bits per heavy atom. The molecule has 0 radical (unpaired) electrons. The normalized spacial score (nSPS) is 14.6. The van der Waals surface area contributed by atoms with Gasteiger partial charge in [0.05, 0.1) is 0 Å². The first kappa shape index (κ1) is 24.9. The molecule has 1 aliphatic rings. The topological polar surface area (TPSA) is 90.5 Å². The first-order valence-electron chi connectivity index (χ1n) is 11.9. The number of benzene rings is 3. The molecule has 1 saturated heterocycles. The maximum atomic E-state index is 13.3. The summed E-state index contributed by atoms with van der Waals surface area (Å²) in [6, 6.07) is 20.8. The first-order chi connectivity index (χ1) is 17.4. The van der Waals surface area contributed by atoms with Crippen LogP contribution in [0.3, 0.4) is 0 Å². The molecule has 0 aliphatic carbocycles. The van der Waals surface area contributed by atoms with Gasteiger partial charge in [-0.3, -0.25) is 9.59 Å². The van der Waals surface area contributed by atoms with Gasteiger partial charge in [-0.1, -0.05) is 35.9 Å². The minimum Gasteiger partial charge on any atom is -0.340 e. The van der Waals surface area contributed by atoms with Crippen molar-refractivity contribution in [1.82, 2.24) is 10.2 Å². The van der Waals surface area contributed by atoms with E-state index in [-0.39, 0.29) is 23.4 Å². The summed E-state index contributed by atoms with van der Waals surface area (Å²) in [7, 11) is 0. The number of piperidine rings is 1. The molecule has 4 rings (SSSR count). The third-order valence-electron chi connectivity index (χ3n) is 6.32. The molecule has 1 atom stereocenters. The minimum atomic E-state index is -0.815. The zero-order valence-corrected chi connectivity index (χ0v) is 20.0. The number of rotatable bonds is 6. The summed E-state index contributed by atoms with van der Waals surface area (Å²) < 4.78 is 13.3. The molecule has 1 unspecified atom stereocenters. The van der Waals surface area contributed by atoms with Crippen molar-refractivity contribution in [3.05, 3.63) is 95.8 Å². The Hall–Kier alpha value is -4.20. The number of urea groups is 1. The second kappa shape index (κ2) is 11.5. The van der Waals surface area contributed by atoms with Gasteiger partial charge in [-0.25, -0.2) is 9.18 Å². The average Bonchev–Trinajstić information content (AvgIpc) is 2.89. The summed E-state index contributed by atoms with van der Waals surface area (Å²) in [5.74, 6) is -1.41. The highest BCUT2D eigenvalue weighted by atomic mass is 19.1. The Morgan fingerprint density at radius 2 is 1.44 bits per heavy atom. The molecule has 0 bridgehead atoms. The van der Waals surface area contributed by atoms with Crippen molar-refractivity contribution < 1.29 is 18.8 Å². The molecule has 1 heterocycles. The number of carbonyl (C=O) groups is 3. The number of nitrogens with one attached hydrogen (secondary N) is 3. The Labute approximate surface area is 209 Å². The van der Waals surface area contributed by atoms with Crippen molar-refractivity contribution in [2.75, 3.05) is 23.7 Å². The quantitative estimate of drug-likeness (QED) is 0.465. The number of anilines is 2. The van der Waals surface area contributed by atoms with Gasteiger partial charge in [0.1, 0.15) is 11.9 Å². The number of amides is 4. The van der Waals surface area contributed by atoms with E-state index in [1.54, 1.807) is 17.0 Å². The number of halogens is 1. The van der Waals surface area contributed by atoms with Crippen molar-refractivity contribution in [3.8, 4) is 0 Å². The SMILES string of the molecule is Cc1ccc(NC(=O)N2CCC(C(NC(=O)c3ccc(F)cc3)C(=O)Nc3ccccc3)CC2)cc1. The van der Waals surface area contributed by atoms with E-state index in [0.29, 0.717) is 31.6 Å². The fourth-order valence-electron chi connectivity index (χ4n) is 4.24. The molecule has 1 aliphatic heterocycles. The van der Waals surface area contributed by atoms with Gasteiger partial charge >= 0.3 is 6.03 Å². The Bertz CT molecular complexity index is 1190. The molecule has 36 heavy (non-hydrogen) atoms. The van der Waals surface area contributed by atoms with Gasteiger partial charge in [-0.2, -0.15) is 0 Å². The number of nitrogens with zero attached hydrogens (tertiary/aromatic N) is 1. The van der Waals surface area contributed by atoms with E-state index in [2.05, 4.69) is 16.0 Å². The highest BCUT2D eigenvalue weighted by Gasteiger charge is 2.34. The maximum absolute atomic E-state index is 13.3. The molecule has 3 N–H and O–H groups in total. The summed E-state index contributed by atoms with van der Waals surface area (Å²) >= 11 is 0. The molecule has 0 spiro atoms. The number of likely N-dealkylation sites (tertiary alicyclic amines) is 1. The molecule has 3 aromatic rings. The zero-order valence-electron chi connectivity index (χ0n) is 20.0. The molecule has 1 fully saturated rings. The molecule has 8 heteroatoms. The monoisotopic (exact) mass is 488 g/mol. The molecule has 0 aromatic heterocycles. The lowest BCUT2D eigenvalue weighted by Crippen LogP contribution is -2.52. The molecule has 186 valence electrons. The van der Waals surface area contributed by atoms with Crippen LogP contribution in [0.25, 0.3) is 0 Å². The lowest BCUT2D eigenvalue weighted by molar-refractivity contribution is -0.119. The Kier molecular flexibility index (Phi) is 7.95. The van der Waals surface area contributed by atoms with Gasteiger partial charge in [-0.15, -0.1) is 0 Å². The van der Waals surface area contributed by atoms with Crippen LogP contribution in [-0.2, 0) is 4.79 Å². The van der Waals surface area contributed by atoms with Crippen molar-refractivity contribution in [2.24, 2.45) is 5.92 Å². The number of aryl methyl sites for hydroxylation is 1. The summed E-state index contributed by atoms with van der Waals surface area (Å²) in [5, 5.41) is 8.61. The van der Waals surface area contributed by atoms with Crippen LogP contribution >= 0.6 is 0 Å². The third kappa shape index (κ3) is 6.47. The smallest absolute Gasteiger partial charge is 0.321 e. The van der Waals surface area contributed by atoms with E-state index in [4.69, 9.17) is 0 Å². The number of hydrogen-bond donors (Lipinski definition) is 3. The molecule has 3 aromatic carbocycles. The first-order valence-corrected chi connectivity index (χ1v) is 11.9. The van der Waals surface area contributed by atoms with Gasteiger partial charge in [-0.05, 0) is 74.2 Å². The highest BCUT2D eigenvalue weighted by Crippen LogP contribution is 2.23. The predicted octanol–water partition coefficient (Wildman–Crippen LogP) is 4.82. The minimum absolute atomic E-state index is 0.179. The van der Waals surface area contributed by atoms with E-state index in [9.17, 15) is 18.8 Å². The fourth-order valence-corrected chi connectivity index (χ4v) is 4.24. The van der Waals surface area contributed by atoms with Crippen LogP contribution in [0.15, 0.2) is 78.9 Å². The van der Waals surface area contributed by atoms with Crippen LogP contribution < -0.4 is 16.0 Å². The van der Waals surface area contributed by atoms with Crippen LogP contribution in [0.4, 0.5) is 20.6 Å². The number of carbonyl (C=O) groups excluding carboxylic acids is 3. The lowest BCUT2D eigenvalue weighted by Gasteiger charge is -2.35. The second-order valence-electron chi connectivity index (χ2n) is 8.93. The second-order valence-corrected chi connectivity index (χ2v) is 8.93. The van der Waals surface area contributed by atoms with Crippen molar-refractivity contribution >= 4 is 29.2 Å². The number of para-hydroxylation sites is 1. The van der Waals surface area contributed by atoms with Crippen molar-refractivity contribution in [3.63, 3.8) is 0 Å². The van der Waals surface area contributed by atoms with E-state index in [1.165, 1.54) is 24.3 Å². The lowest BCUT2D eigenvalue weighted by atomic mass is 9.88. The van der Waals surface area contributed by atoms with Gasteiger partial charge in [0.2, 0.25) is 5.91 Å². The van der Waals surface area contributed by atoms with Crippen LogP contribution in [-0.4, -0.2) is 41.9 Å². The van der Waals surface area contributed by atoms with Crippen molar-refractivity contribution in [1.29, 1.82) is 0 Å². The summed E-state index contributed by atoms with van der Waals surface area (Å²) in [4.78, 5) is 40.6. The van der Waals surface area contributed by atoms with Crippen LogP contribution in [0, 0.1) is 18.7 Å². The van der Waals surface area contributed by atoms with Crippen LogP contribution in [0.5, 0.6) is 0 Å². The number of hydrogen-bond acceptors (Lipinski definition) is 3. The zero-order chi connectivity index (χ0) is 25.5. The average molecular weight is 489 g/mol. The summed E-state index contributed by atoms with van der Waals surface area (Å²) in [6.07, 6.45) is 1.08. The van der Waals surface area contributed by atoms with E-state index in [0.717, 1.165) is 11.3 Å². The van der Waals surface area contributed by atoms with Crippen LogP contribution in [0.1, 0.15) is 28.8 Å².